The van der Waals surface area contributed by atoms with Gasteiger partial charge in [-0.15, -0.1) is 0 Å². The quantitative estimate of drug-likeness (QED) is 0.584. The number of hydrogen-bond acceptors (Lipinski definition) is 4. The molecule has 3 rings (SSSR count). The molecule has 0 atom stereocenters. The molecule has 0 aliphatic carbocycles. The van der Waals surface area contributed by atoms with Crippen molar-refractivity contribution in [3.63, 3.8) is 0 Å². The molecule has 2 heterocycles. The van der Waals surface area contributed by atoms with Crippen LogP contribution in [0.1, 0.15) is 5.56 Å². The summed E-state index contributed by atoms with van der Waals surface area (Å²) >= 11 is 0. The van der Waals surface area contributed by atoms with Crippen molar-refractivity contribution in [1.82, 2.24) is 15.5 Å². The lowest BCUT2D eigenvalue weighted by Gasteiger charge is -2.26. The Kier molecular flexibility index (Phi) is 6.25. The molecule has 0 radical (unpaired) electrons. The van der Waals surface area contributed by atoms with Crippen molar-refractivity contribution >= 4 is 17.6 Å². The summed E-state index contributed by atoms with van der Waals surface area (Å²) < 4.78 is 5.35. The van der Waals surface area contributed by atoms with Gasteiger partial charge in [0.05, 0.1) is 19.8 Å². The van der Waals surface area contributed by atoms with Crippen LogP contribution in [0, 0.1) is 0 Å². The van der Waals surface area contributed by atoms with Crippen LogP contribution in [0.25, 0.3) is 0 Å². The second kappa shape index (κ2) is 8.82. The van der Waals surface area contributed by atoms with E-state index < -0.39 is 0 Å². The average Bonchev–Trinajstić information content (AvgIpc) is 3.09. The van der Waals surface area contributed by atoms with Crippen LogP contribution in [0.2, 0.25) is 0 Å². The third-order valence-corrected chi connectivity index (χ3v) is 4.64. The van der Waals surface area contributed by atoms with Crippen molar-refractivity contribution < 1.29 is 9.53 Å². The number of guanidine groups is 1. The van der Waals surface area contributed by atoms with Crippen LogP contribution in [0.3, 0.4) is 0 Å². The summed E-state index contributed by atoms with van der Waals surface area (Å²) in [5.41, 5.74) is 2.27. The van der Waals surface area contributed by atoms with Gasteiger partial charge in [0, 0.05) is 45.5 Å². The summed E-state index contributed by atoms with van der Waals surface area (Å²) in [6.45, 7) is 6.28. The zero-order valence-electron chi connectivity index (χ0n) is 14.8. The van der Waals surface area contributed by atoms with E-state index in [1.165, 1.54) is 5.56 Å². The van der Waals surface area contributed by atoms with Crippen molar-refractivity contribution in [3.8, 4) is 0 Å². The molecular weight excluding hydrogens is 318 g/mol. The summed E-state index contributed by atoms with van der Waals surface area (Å²) in [6.07, 6.45) is 0.925. The summed E-state index contributed by atoms with van der Waals surface area (Å²) in [5, 5.41) is 6.39. The van der Waals surface area contributed by atoms with Crippen LogP contribution < -0.4 is 15.5 Å². The van der Waals surface area contributed by atoms with Gasteiger partial charge in [-0.2, -0.15) is 0 Å². The second-order valence-corrected chi connectivity index (χ2v) is 6.23. The van der Waals surface area contributed by atoms with Crippen molar-refractivity contribution in [2.45, 2.75) is 6.42 Å². The highest BCUT2D eigenvalue weighted by atomic mass is 16.5. The summed E-state index contributed by atoms with van der Waals surface area (Å²) in [7, 11) is 1.72. The van der Waals surface area contributed by atoms with Gasteiger partial charge in [0.2, 0.25) is 5.91 Å². The Balaban J connectivity index is 1.41. The van der Waals surface area contributed by atoms with E-state index in [1.54, 1.807) is 7.05 Å². The minimum absolute atomic E-state index is 0.0704. The van der Waals surface area contributed by atoms with Gasteiger partial charge in [-0.3, -0.25) is 14.7 Å². The lowest BCUT2D eigenvalue weighted by atomic mass is 10.2. The van der Waals surface area contributed by atoms with E-state index in [-0.39, 0.29) is 12.5 Å². The van der Waals surface area contributed by atoms with Crippen molar-refractivity contribution in [2.24, 2.45) is 4.99 Å². The Hall–Kier alpha value is -2.12. The van der Waals surface area contributed by atoms with Gasteiger partial charge in [0.25, 0.3) is 0 Å². The first-order chi connectivity index (χ1) is 12.3. The van der Waals surface area contributed by atoms with Crippen LogP contribution in [0.4, 0.5) is 5.69 Å². The number of benzene rings is 1. The predicted octanol–water partition coefficient (Wildman–Crippen LogP) is 0.0729. The molecule has 0 saturated carbocycles. The van der Waals surface area contributed by atoms with E-state index in [1.807, 2.05) is 23.1 Å². The number of anilines is 1. The molecule has 1 saturated heterocycles. The third-order valence-electron chi connectivity index (χ3n) is 4.64. The number of carbonyl (C=O) groups is 1. The standard InChI is InChI=1S/C18H27N5O2/c1-19-18(20-7-9-22-10-12-25-13-11-22)21-14-17(24)23-8-6-15-4-2-3-5-16(15)23/h2-5H,6-14H2,1H3,(H2,19,20,21). The van der Waals surface area contributed by atoms with E-state index in [0.717, 1.165) is 58.0 Å². The van der Waals surface area contributed by atoms with E-state index in [4.69, 9.17) is 4.74 Å². The fourth-order valence-electron chi connectivity index (χ4n) is 3.23. The molecule has 1 fully saturated rings. The summed E-state index contributed by atoms with van der Waals surface area (Å²) in [5.74, 6) is 0.732. The van der Waals surface area contributed by atoms with Gasteiger partial charge in [-0.1, -0.05) is 18.2 Å². The molecule has 0 spiro atoms. The number of ether oxygens (including phenoxy) is 1. The van der Waals surface area contributed by atoms with Crippen molar-refractivity contribution in [2.75, 3.05) is 64.4 Å². The molecule has 2 aliphatic heterocycles. The van der Waals surface area contributed by atoms with Crippen molar-refractivity contribution in [1.29, 1.82) is 0 Å². The number of amides is 1. The number of carbonyl (C=O) groups excluding carboxylic acids is 1. The van der Waals surface area contributed by atoms with Gasteiger partial charge in [0.15, 0.2) is 5.96 Å². The maximum atomic E-state index is 12.5. The molecule has 25 heavy (non-hydrogen) atoms. The Morgan fingerprint density at radius 3 is 2.80 bits per heavy atom. The number of aliphatic imine (C=N–C) groups is 1. The summed E-state index contributed by atoms with van der Waals surface area (Å²) in [6, 6.07) is 8.09. The molecule has 2 aliphatic rings. The number of nitrogens with zero attached hydrogens (tertiary/aromatic N) is 3. The fraction of sp³-hybridized carbons (Fsp3) is 0.556. The van der Waals surface area contributed by atoms with Gasteiger partial charge in [-0.05, 0) is 18.1 Å². The maximum absolute atomic E-state index is 12.5. The maximum Gasteiger partial charge on any atom is 0.246 e. The number of morpholine rings is 1. The zero-order valence-corrected chi connectivity index (χ0v) is 14.8. The zero-order chi connectivity index (χ0) is 17.5. The molecule has 7 nitrogen and oxygen atoms in total. The SMILES string of the molecule is CN=C(NCCN1CCOCC1)NCC(=O)N1CCc2ccccc21. The first-order valence-corrected chi connectivity index (χ1v) is 8.91. The molecule has 0 bridgehead atoms. The van der Waals surface area contributed by atoms with Crippen molar-refractivity contribution in [3.05, 3.63) is 29.8 Å². The number of fused-ring (bicyclic) bond motifs is 1. The molecule has 1 aromatic carbocycles. The topological polar surface area (TPSA) is 69.2 Å². The second-order valence-electron chi connectivity index (χ2n) is 6.23. The van der Waals surface area contributed by atoms with Crippen LogP contribution in [0.15, 0.2) is 29.3 Å². The minimum atomic E-state index is 0.0704. The molecule has 136 valence electrons. The van der Waals surface area contributed by atoms with Crippen LogP contribution in [0.5, 0.6) is 0 Å². The van der Waals surface area contributed by atoms with E-state index in [9.17, 15) is 4.79 Å². The first kappa shape index (κ1) is 17.7. The smallest absolute Gasteiger partial charge is 0.246 e. The first-order valence-electron chi connectivity index (χ1n) is 8.91. The van der Waals surface area contributed by atoms with Crippen LogP contribution >= 0.6 is 0 Å². The third kappa shape index (κ3) is 4.70. The van der Waals surface area contributed by atoms with Crippen LogP contribution in [-0.4, -0.2) is 76.3 Å². The molecule has 2 N–H and O–H groups in total. The highest BCUT2D eigenvalue weighted by Gasteiger charge is 2.23. The molecule has 0 aromatic heterocycles. The monoisotopic (exact) mass is 345 g/mol. The largest absolute Gasteiger partial charge is 0.379 e. The normalized spacial score (nSPS) is 18.1. The molecular formula is C18H27N5O2. The summed E-state index contributed by atoms with van der Waals surface area (Å²) in [4.78, 5) is 20.9. The lowest BCUT2D eigenvalue weighted by Crippen LogP contribution is -2.47. The Morgan fingerprint density at radius 1 is 1.20 bits per heavy atom. The lowest BCUT2D eigenvalue weighted by molar-refractivity contribution is -0.117. The molecule has 7 heteroatoms. The predicted molar refractivity (Wildman–Crippen MR) is 99.1 cm³/mol. The van der Waals surface area contributed by atoms with Gasteiger partial charge < -0.3 is 20.3 Å². The fourth-order valence-corrected chi connectivity index (χ4v) is 3.23. The number of hydrogen-bond donors (Lipinski definition) is 2. The molecule has 0 unspecified atom stereocenters. The van der Waals surface area contributed by atoms with E-state index in [0.29, 0.717) is 5.96 Å². The highest BCUT2D eigenvalue weighted by molar-refractivity contribution is 5.98. The number of para-hydroxylation sites is 1. The van der Waals surface area contributed by atoms with Crippen LogP contribution in [-0.2, 0) is 16.0 Å². The minimum Gasteiger partial charge on any atom is -0.379 e. The van der Waals surface area contributed by atoms with E-state index >= 15 is 0 Å². The van der Waals surface area contributed by atoms with Gasteiger partial charge >= 0.3 is 0 Å². The van der Waals surface area contributed by atoms with Gasteiger partial charge in [-0.25, -0.2) is 0 Å². The van der Waals surface area contributed by atoms with E-state index in [2.05, 4.69) is 26.6 Å². The highest BCUT2D eigenvalue weighted by Crippen LogP contribution is 2.27. The molecule has 1 aromatic rings. The Labute approximate surface area is 149 Å². The Morgan fingerprint density at radius 2 is 2.00 bits per heavy atom. The average molecular weight is 345 g/mol. The molecule has 1 amide bonds. The number of rotatable bonds is 5. The number of nitrogens with one attached hydrogen (secondary N) is 2. The Bertz CT molecular complexity index is 613. The van der Waals surface area contributed by atoms with Gasteiger partial charge in [0.1, 0.15) is 0 Å².